The summed E-state index contributed by atoms with van der Waals surface area (Å²) in [4.78, 5) is 21.3. The SMILES string of the molecule is COCCn1c(CCC(=O)NCc2ccc(OC)cc2)nc2cccnc21. The van der Waals surface area contributed by atoms with Crippen molar-refractivity contribution >= 4 is 17.1 Å². The lowest BCUT2D eigenvalue weighted by atomic mass is 10.2. The molecule has 3 rings (SSSR count). The maximum absolute atomic E-state index is 12.2. The highest BCUT2D eigenvalue weighted by molar-refractivity contribution is 5.76. The van der Waals surface area contributed by atoms with Crippen LogP contribution in [0.2, 0.25) is 0 Å². The topological polar surface area (TPSA) is 78.3 Å². The van der Waals surface area contributed by atoms with Gasteiger partial charge in [0, 0.05) is 39.2 Å². The second-order valence-corrected chi connectivity index (χ2v) is 6.14. The van der Waals surface area contributed by atoms with Crippen LogP contribution in [0.3, 0.4) is 0 Å². The van der Waals surface area contributed by atoms with Gasteiger partial charge in [-0.3, -0.25) is 4.79 Å². The number of aryl methyl sites for hydroxylation is 1. The standard InChI is InChI=1S/C20H24N4O3/c1-26-13-12-24-18(23-17-4-3-11-21-20(17)24)9-10-19(25)22-14-15-5-7-16(27-2)8-6-15/h3-8,11H,9-10,12-14H2,1-2H3,(H,22,25). The van der Waals surface area contributed by atoms with Crippen molar-refractivity contribution in [3.05, 3.63) is 54.0 Å². The minimum Gasteiger partial charge on any atom is -0.497 e. The zero-order chi connectivity index (χ0) is 19.1. The number of fused-ring (bicyclic) bond motifs is 1. The molecule has 7 heteroatoms. The average Bonchev–Trinajstić information content (AvgIpc) is 3.07. The van der Waals surface area contributed by atoms with Gasteiger partial charge in [-0.1, -0.05) is 12.1 Å². The summed E-state index contributed by atoms with van der Waals surface area (Å²) in [6.45, 7) is 1.72. The largest absolute Gasteiger partial charge is 0.497 e. The number of imidazole rings is 1. The van der Waals surface area contributed by atoms with Crippen LogP contribution in [0.15, 0.2) is 42.6 Å². The number of ether oxygens (including phenoxy) is 2. The molecule has 0 saturated carbocycles. The second kappa shape index (κ2) is 9.14. The monoisotopic (exact) mass is 368 g/mol. The Morgan fingerprint density at radius 2 is 2.00 bits per heavy atom. The van der Waals surface area contributed by atoms with Gasteiger partial charge in [-0.15, -0.1) is 0 Å². The maximum Gasteiger partial charge on any atom is 0.220 e. The van der Waals surface area contributed by atoms with Crippen molar-refractivity contribution in [2.45, 2.75) is 25.9 Å². The van der Waals surface area contributed by atoms with E-state index in [2.05, 4.69) is 15.3 Å². The lowest BCUT2D eigenvalue weighted by Crippen LogP contribution is -2.23. The molecule has 2 heterocycles. The highest BCUT2D eigenvalue weighted by Gasteiger charge is 2.13. The van der Waals surface area contributed by atoms with Crippen molar-refractivity contribution < 1.29 is 14.3 Å². The lowest BCUT2D eigenvalue weighted by Gasteiger charge is -2.09. The Morgan fingerprint density at radius 1 is 1.19 bits per heavy atom. The molecule has 0 aliphatic carbocycles. The summed E-state index contributed by atoms with van der Waals surface area (Å²) in [6, 6.07) is 11.4. The van der Waals surface area contributed by atoms with Crippen LogP contribution in [0.1, 0.15) is 17.8 Å². The first kappa shape index (κ1) is 18.8. The molecule has 1 amide bonds. The number of nitrogens with one attached hydrogen (secondary N) is 1. The van der Waals surface area contributed by atoms with Gasteiger partial charge in [-0.05, 0) is 29.8 Å². The van der Waals surface area contributed by atoms with Crippen molar-refractivity contribution in [2.24, 2.45) is 0 Å². The van der Waals surface area contributed by atoms with Gasteiger partial charge in [0.25, 0.3) is 0 Å². The van der Waals surface area contributed by atoms with Gasteiger partial charge < -0.3 is 19.4 Å². The van der Waals surface area contributed by atoms with E-state index in [1.165, 1.54) is 0 Å². The molecule has 2 aromatic heterocycles. The van der Waals surface area contributed by atoms with Crippen molar-refractivity contribution in [1.29, 1.82) is 0 Å². The van der Waals surface area contributed by atoms with Crippen LogP contribution in [-0.4, -0.2) is 41.3 Å². The molecule has 0 spiro atoms. The molecule has 7 nitrogen and oxygen atoms in total. The molecule has 0 atom stereocenters. The van der Waals surface area contributed by atoms with E-state index in [0.29, 0.717) is 32.5 Å². The van der Waals surface area contributed by atoms with E-state index in [-0.39, 0.29) is 5.91 Å². The number of hydrogen-bond acceptors (Lipinski definition) is 5. The lowest BCUT2D eigenvalue weighted by molar-refractivity contribution is -0.121. The molecule has 1 aromatic carbocycles. The molecule has 0 fully saturated rings. The van der Waals surface area contributed by atoms with Gasteiger partial charge in [0.15, 0.2) is 5.65 Å². The number of carbonyl (C=O) groups excluding carboxylic acids is 1. The zero-order valence-corrected chi connectivity index (χ0v) is 15.6. The van der Waals surface area contributed by atoms with E-state index in [9.17, 15) is 4.79 Å². The first-order valence-electron chi connectivity index (χ1n) is 8.90. The van der Waals surface area contributed by atoms with Crippen LogP contribution in [0.25, 0.3) is 11.2 Å². The molecular weight excluding hydrogens is 344 g/mol. The summed E-state index contributed by atoms with van der Waals surface area (Å²) in [7, 11) is 3.30. The minimum atomic E-state index is -0.0101. The van der Waals surface area contributed by atoms with Gasteiger partial charge in [0.2, 0.25) is 5.91 Å². The first-order valence-corrected chi connectivity index (χ1v) is 8.90. The number of aromatic nitrogens is 3. The highest BCUT2D eigenvalue weighted by atomic mass is 16.5. The minimum absolute atomic E-state index is 0.0101. The predicted octanol–water partition coefficient (Wildman–Crippen LogP) is 2.34. The van der Waals surface area contributed by atoms with Crippen LogP contribution < -0.4 is 10.1 Å². The van der Waals surface area contributed by atoms with Gasteiger partial charge >= 0.3 is 0 Å². The summed E-state index contributed by atoms with van der Waals surface area (Å²) < 4.78 is 12.3. The van der Waals surface area contributed by atoms with Crippen LogP contribution >= 0.6 is 0 Å². The Morgan fingerprint density at radius 3 is 2.74 bits per heavy atom. The van der Waals surface area contributed by atoms with Crippen molar-refractivity contribution in [1.82, 2.24) is 19.9 Å². The quantitative estimate of drug-likeness (QED) is 0.627. The van der Waals surface area contributed by atoms with Gasteiger partial charge in [-0.2, -0.15) is 0 Å². The van der Waals surface area contributed by atoms with Crippen LogP contribution in [0.5, 0.6) is 5.75 Å². The number of benzene rings is 1. The van der Waals surface area contributed by atoms with Crippen molar-refractivity contribution in [3.63, 3.8) is 0 Å². The second-order valence-electron chi connectivity index (χ2n) is 6.14. The summed E-state index contributed by atoms with van der Waals surface area (Å²) in [5, 5.41) is 2.95. The fourth-order valence-electron chi connectivity index (χ4n) is 2.87. The molecule has 0 aliphatic rings. The van der Waals surface area contributed by atoms with E-state index in [0.717, 1.165) is 28.3 Å². The van der Waals surface area contributed by atoms with Crippen LogP contribution in [-0.2, 0) is 29.0 Å². The number of nitrogens with zero attached hydrogens (tertiary/aromatic N) is 3. The Kier molecular flexibility index (Phi) is 6.38. The van der Waals surface area contributed by atoms with E-state index in [1.807, 2.05) is 41.0 Å². The molecule has 1 N–H and O–H groups in total. The molecule has 0 unspecified atom stereocenters. The molecule has 3 aromatic rings. The highest BCUT2D eigenvalue weighted by Crippen LogP contribution is 2.15. The summed E-state index contributed by atoms with van der Waals surface area (Å²) in [6.07, 6.45) is 2.67. The average molecular weight is 368 g/mol. The maximum atomic E-state index is 12.2. The first-order chi connectivity index (χ1) is 13.2. The van der Waals surface area contributed by atoms with Gasteiger partial charge in [0.1, 0.15) is 17.1 Å². The molecular formula is C20H24N4O3. The van der Waals surface area contributed by atoms with Crippen LogP contribution in [0, 0.1) is 0 Å². The molecule has 0 bridgehead atoms. The normalized spacial score (nSPS) is 10.9. The number of hydrogen-bond donors (Lipinski definition) is 1. The van der Waals surface area contributed by atoms with Gasteiger partial charge in [0.05, 0.1) is 13.7 Å². The van der Waals surface area contributed by atoms with Gasteiger partial charge in [-0.25, -0.2) is 9.97 Å². The smallest absolute Gasteiger partial charge is 0.220 e. The Hall–Kier alpha value is -2.93. The summed E-state index contributed by atoms with van der Waals surface area (Å²) in [5.41, 5.74) is 2.69. The number of rotatable bonds is 9. The molecule has 27 heavy (non-hydrogen) atoms. The van der Waals surface area contributed by atoms with E-state index in [4.69, 9.17) is 9.47 Å². The number of amides is 1. The number of carbonyl (C=O) groups is 1. The van der Waals surface area contributed by atoms with E-state index < -0.39 is 0 Å². The van der Waals surface area contributed by atoms with E-state index in [1.54, 1.807) is 20.4 Å². The Balaban J connectivity index is 1.59. The fraction of sp³-hybridized carbons (Fsp3) is 0.350. The predicted molar refractivity (Wildman–Crippen MR) is 103 cm³/mol. The molecule has 0 aliphatic heterocycles. The molecule has 0 radical (unpaired) electrons. The summed E-state index contributed by atoms with van der Waals surface area (Å²) >= 11 is 0. The fourth-order valence-corrected chi connectivity index (χ4v) is 2.87. The van der Waals surface area contributed by atoms with Crippen LogP contribution in [0.4, 0.5) is 0 Å². The summed E-state index contributed by atoms with van der Waals surface area (Å²) in [5.74, 6) is 1.64. The Labute approximate surface area is 158 Å². The zero-order valence-electron chi connectivity index (χ0n) is 15.6. The third-order valence-corrected chi connectivity index (χ3v) is 4.33. The van der Waals surface area contributed by atoms with Crippen molar-refractivity contribution in [2.75, 3.05) is 20.8 Å². The third kappa shape index (κ3) is 4.83. The number of methoxy groups -OCH3 is 2. The van der Waals surface area contributed by atoms with E-state index >= 15 is 0 Å². The molecule has 0 saturated heterocycles. The molecule has 142 valence electrons. The van der Waals surface area contributed by atoms with Crippen molar-refractivity contribution in [3.8, 4) is 5.75 Å². The third-order valence-electron chi connectivity index (χ3n) is 4.33. The number of pyridine rings is 1. The Bertz CT molecular complexity index is 890.